The van der Waals surface area contributed by atoms with Gasteiger partial charge in [-0.25, -0.2) is 15.0 Å². The van der Waals surface area contributed by atoms with Crippen LogP contribution in [0.1, 0.15) is 11.3 Å². The maximum Gasteiger partial charge on any atom is 0.165 e. The Kier molecular flexibility index (Phi) is 2.81. The number of nitrogens with two attached hydrogens (primary N) is 2. The second-order valence-corrected chi connectivity index (χ2v) is 4.12. The van der Waals surface area contributed by atoms with Crippen molar-refractivity contribution in [2.75, 3.05) is 5.73 Å². The van der Waals surface area contributed by atoms with E-state index in [2.05, 4.69) is 19.9 Å². The Bertz CT molecular complexity index is 719. The van der Waals surface area contributed by atoms with Crippen LogP contribution in [-0.4, -0.2) is 24.5 Å². The minimum atomic E-state index is 0.383. The lowest BCUT2D eigenvalue weighted by Crippen LogP contribution is -2.08. The van der Waals surface area contributed by atoms with Gasteiger partial charge >= 0.3 is 0 Å². The molecule has 19 heavy (non-hydrogen) atoms. The highest BCUT2D eigenvalue weighted by Gasteiger charge is 2.09. The van der Waals surface area contributed by atoms with Gasteiger partial charge in [0.1, 0.15) is 11.8 Å². The molecule has 0 aliphatic heterocycles. The Balaban J connectivity index is 2.04. The summed E-state index contributed by atoms with van der Waals surface area (Å²) in [6, 6.07) is 3.88. The second-order valence-electron chi connectivity index (χ2n) is 4.12. The summed E-state index contributed by atoms with van der Waals surface area (Å²) in [4.78, 5) is 16.6. The van der Waals surface area contributed by atoms with Crippen molar-refractivity contribution in [1.29, 1.82) is 0 Å². The molecule has 3 aromatic heterocycles. The number of hydrogen-bond donors (Lipinski definition) is 2. The van der Waals surface area contributed by atoms with Gasteiger partial charge in [0, 0.05) is 12.7 Å². The first-order valence-corrected chi connectivity index (χ1v) is 5.83. The third-order valence-corrected chi connectivity index (χ3v) is 2.95. The molecule has 3 heterocycles. The van der Waals surface area contributed by atoms with E-state index in [0.29, 0.717) is 30.1 Å². The molecular weight excluding hydrogens is 242 g/mol. The topological polar surface area (TPSA) is 109 Å². The van der Waals surface area contributed by atoms with Gasteiger partial charge in [-0.3, -0.25) is 4.98 Å². The third-order valence-electron chi connectivity index (χ3n) is 2.95. The zero-order chi connectivity index (χ0) is 13.2. The third kappa shape index (κ3) is 2.00. The first-order chi connectivity index (χ1) is 9.29. The Hall–Kier alpha value is -2.54. The summed E-state index contributed by atoms with van der Waals surface area (Å²) in [6.45, 7) is 1.01. The Morgan fingerprint density at radius 1 is 1.16 bits per heavy atom. The van der Waals surface area contributed by atoms with Crippen molar-refractivity contribution in [3.05, 3.63) is 42.2 Å². The van der Waals surface area contributed by atoms with Crippen molar-refractivity contribution in [3.63, 3.8) is 0 Å². The van der Waals surface area contributed by atoms with Crippen LogP contribution < -0.4 is 11.5 Å². The molecule has 0 aliphatic carbocycles. The lowest BCUT2D eigenvalue weighted by Gasteiger charge is -2.07. The highest BCUT2D eigenvalue weighted by atomic mass is 15.1. The summed E-state index contributed by atoms with van der Waals surface area (Å²) in [5.41, 5.74) is 14.7. The first kappa shape index (κ1) is 11.5. The largest absolute Gasteiger partial charge is 0.382 e. The normalized spacial score (nSPS) is 11.0. The average molecular weight is 255 g/mol. The molecule has 4 N–H and O–H groups in total. The average Bonchev–Trinajstić information content (AvgIpc) is 2.84. The zero-order valence-electron chi connectivity index (χ0n) is 10.2. The molecule has 7 heteroatoms. The van der Waals surface area contributed by atoms with Crippen molar-refractivity contribution in [1.82, 2.24) is 24.5 Å². The molecule has 0 bridgehead atoms. The minimum Gasteiger partial charge on any atom is -0.382 e. The van der Waals surface area contributed by atoms with Gasteiger partial charge in [-0.05, 0) is 11.6 Å². The van der Waals surface area contributed by atoms with Crippen LogP contribution in [0.15, 0.2) is 31.0 Å². The van der Waals surface area contributed by atoms with E-state index in [1.807, 2.05) is 16.7 Å². The quantitative estimate of drug-likeness (QED) is 0.697. The van der Waals surface area contributed by atoms with Crippen molar-refractivity contribution in [3.8, 4) is 0 Å². The van der Waals surface area contributed by atoms with Crippen LogP contribution in [0.4, 0.5) is 5.82 Å². The number of hydrogen-bond acceptors (Lipinski definition) is 6. The summed E-state index contributed by atoms with van der Waals surface area (Å²) in [6.07, 6.45) is 4.86. The van der Waals surface area contributed by atoms with Crippen LogP contribution in [0.3, 0.4) is 0 Å². The number of imidazole rings is 1. The standard InChI is InChI=1S/C12H13N7/c13-4-9-8(2-1-3-15-9)5-19-7-18-10-11(14)16-6-17-12(10)19/h1-3,6-7H,4-5,13H2,(H2,14,16,17). The van der Waals surface area contributed by atoms with Gasteiger partial charge in [-0.1, -0.05) is 6.07 Å². The van der Waals surface area contributed by atoms with Crippen LogP contribution in [-0.2, 0) is 13.1 Å². The fourth-order valence-corrected chi connectivity index (χ4v) is 2.00. The molecule has 0 spiro atoms. The summed E-state index contributed by atoms with van der Waals surface area (Å²) in [7, 11) is 0. The Labute approximate surface area is 109 Å². The van der Waals surface area contributed by atoms with Crippen LogP contribution in [0.25, 0.3) is 11.2 Å². The zero-order valence-corrected chi connectivity index (χ0v) is 10.2. The molecule has 0 saturated carbocycles. The van der Waals surface area contributed by atoms with Crippen molar-refractivity contribution in [2.24, 2.45) is 5.73 Å². The molecule has 3 aromatic rings. The Morgan fingerprint density at radius 2 is 2.05 bits per heavy atom. The predicted octanol–water partition coefficient (Wildman–Crippen LogP) is 0.310. The van der Waals surface area contributed by atoms with Crippen LogP contribution in [0.5, 0.6) is 0 Å². The lowest BCUT2D eigenvalue weighted by atomic mass is 10.2. The van der Waals surface area contributed by atoms with Crippen molar-refractivity contribution >= 4 is 17.0 Å². The van der Waals surface area contributed by atoms with Gasteiger partial charge in [0.2, 0.25) is 0 Å². The summed E-state index contributed by atoms with van der Waals surface area (Å²) in [5.74, 6) is 0.383. The SMILES string of the molecule is NCc1ncccc1Cn1cnc2c(N)ncnc21. The van der Waals surface area contributed by atoms with Gasteiger partial charge in [-0.15, -0.1) is 0 Å². The molecule has 0 aliphatic rings. The van der Waals surface area contributed by atoms with Gasteiger partial charge in [0.25, 0.3) is 0 Å². The number of rotatable bonds is 3. The number of anilines is 1. The van der Waals surface area contributed by atoms with Gasteiger partial charge in [0.15, 0.2) is 11.5 Å². The molecule has 0 radical (unpaired) electrons. The van der Waals surface area contributed by atoms with E-state index in [4.69, 9.17) is 11.5 Å². The van der Waals surface area contributed by atoms with E-state index in [0.717, 1.165) is 11.3 Å². The Morgan fingerprint density at radius 3 is 2.89 bits per heavy atom. The van der Waals surface area contributed by atoms with Crippen LogP contribution >= 0.6 is 0 Å². The molecule has 3 rings (SSSR count). The number of pyridine rings is 1. The van der Waals surface area contributed by atoms with Gasteiger partial charge in [-0.2, -0.15) is 0 Å². The van der Waals surface area contributed by atoms with E-state index >= 15 is 0 Å². The van der Waals surface area contributed by atoms with E-state index in [1.165, 1.54) is 6.33 Å². The van der Waals surface area contributed by atoms with Gasteiger partial charge in [0.05, 0.1) is 18.6 Å². The fourth-order valence-electron chi connectivity index (χ4n) is 2.00. The molecule has 0 unspecified atom stereocenters. The van der Waals surface area contributed by atoms with E-state index in [-0.39, 0.29) is 0 Å². The molecule has 96 valence electrons. The molecule has 0 saturated heterocycles. The van der Waals surface area contributed by atoms with Crippen LogP contribution in [0.2, 0.25) is 0 Å². The number of nitrogens with zero attached hydrogens (tertiary/aromatic N) is 5. The highest BCUT2D eigenvalue weighted by Crippen LogP contribution is 2.16. The molecule has 7 nitrogen and oxygen atoms in total. The van der Waals surface area contributed by atoms with E-state index in [1.54, 1.807) is 12.5 Å². The molecular formula is C12H13N7. The van der Waals surface area contributed by atoms with E-state index < -0.39 is 0 Å². The molecule has 0 aromatic carbocycles. The fraction of sp³-hybridized carbons (Fsp3) is 0.167. The minimum absolute atomic E-state index is 0.383. The monoisotopic (exact) mass is 255 g/mol. The highest BCUT2D eigenvalue weighted by molar-refractivity contribution is 5.81. The van der Waals surface area contributed by atoms with E-state index in [9.17, 15) is 0 Å². The summed E-state index contributed by atoms with van der Waals surface area (Å²) >= 11 is 0. The number of aromatic nitrogens is 5. The lowest BCUT2D eigenvalue weighted by molar-refractivity contribution is 0.787. The predicted molar refractivity (Wildman–Crippen MR) is 71.0 cm³/mol. The summed E-state index contributed by atoms with van der Waals surface area (Å²) in [5, 5.41) is 0. The second kappa shape index (κ2) is 4.62. The number of fused-ring (bicyclic) bond motifs is 1. The molecule has 0 fully saturated rings. The smallest absolute Gasteiger partial charge is 0.165 e. The molecule has 0 amide bonds. The maximum atomic E-state index is 5.76. The maximum absolute atomic E-state index is 5.76. The first-order valence-electron chi connectivity index (χ1n) is 5.83. The van der Waals surface area contributed by atoms with Crippen molar-refractivity contribution in [2.45, 2.75) is 13.1 Å². The summed E-state index contributed by atoms with van der Waals surface area (Å²) < 4.78 is 1.91. The van der Waals surface area contributed by atoms with Crippen molar-refractivity contribution < 1.29 is 0 Å². The van der Waals surface area contributed by atoms with Crippen LogP contribution in [0, 0.1) is 0 Å². The number of nitrogen functional groups attached to an aromatic ring is 1. The molecule has 0 atom stereocenters. The van der Waals surface area contributed by atoms with Gasteiger partial charge < -0.3 is 16.0 Å².